The molecular weight excluding hydrogens is 314 g/mol. The molecule has 0 aliphatic carbocycles. The summed E-state index contributed by atoms with van der Waals surface area (Å²) in [5.41, 5.74) is 0.799. The Labute approximate surface area is 136 Å². The van der Waals surface area contributed by atoms with Gasteiger partial charge >= 0.3 is 0 Å². The SMILES string of the molecule is CCCS(=O)(=O)N1CCCC(N(C)c2ncnc3[nH]ccc23)C1. The topological polar surface area (TPSA) is 82.2 Å². The number of nitrogens with zero attached hydrogens (tertiary/aromatic N) is 4. The smallest absolute Gasteiger partial charge is 0.214 e. The zero-order valence-corrected chi connectivity index (χ0v) is 14.4. The molecule has 1 atom stereocenters. The molecule has 1 unspecified atom stereocenters. The highest BCUT2D eigenvalue weighted by Crippen LogP contribution is 2.26. The maximum absolute atomic E-state index is 12.3. The average Bonchev–Trinajstić information content (AvgIpc) is 3.03. The van der Waals surface area contributed by atoms with Crippen LogP contribution in [0.3, 0.4) is 0 Å². The van der Waals surface area contributed by atoms with Gasteiger partial charge in [0.15, 0.2) is 0 Å². The van der Waals surface area contributed by atoms with Crippen molar-refractivity contribution in [1.29, 1.82) is 0 Å². The minimum absolute atomic E-state index is 0.128. The maximum atomic E-state index is 12.3. The molecule has 0 radical (unpaired) electrons. The Morgan fingerprint density at radius 2 is 2.26 bits per heavy atom. The van der Waals surface area contributed by atoms with Crippen molar-refractivity contribution in [3.05, 3.63) is 18.6 Å². The van der Waals surface area contributed by atoms with E-state index in [1.54, 1.807) is 10.6 Å². The molecule has 7 nitrogen and oxygen atoms in total. The summed E-state index contributed by atoms with van der Waals surface area (Å²) in [6.07, 6.45) is 5.87. The quantitative estimate of drug-likeness (QED) is 0.896. The van der Waals surface area contributed by atoms with Crippen LogP contribution < -0.4 is 4.90 Å². The summed E-state index contributed by atoms with van der Waals surface area (Å²) in [5, 5.41) is 0.962. The number of sulfonamides is 1. The van der Waals surface area contributed by atoms with Crippen molar-refractivity contribution in [2.75, 3.05) is 30.8 Å². The summed E-state index contributed by atoms with van der Waals surface area (Å²) >= 11 is 0. The minimum Gasteiger partial charge on any atom is -0.355 e. The normalized spacial score (nSPS) is 20.0. The number of piperidine rings is 1. The third kappa shape index (κ3) is 3.18. The van der Waals surface area contributed by atoms with E-state index in [0.29, 0.717) is 19.5 Å². The Morgan fingerprint density at radius 3 is 3.04 bits per heavy atom. The summed E-state index contributed by atoms with van der Waals surface area (Å²) in [6.45, 7) is 3.04. The van der Waals surface area contributed by atoms with Gasteiger partial charge in [0.1, 0.15) is 17.8 Å². The Kier molecular flexibility index (Phi) is 4.54. The van der Waals surface area contributed by atoms with Crippen LogP contribution in [0.1, 0.15) is 26.2 Å². The molecule has 1 N–H and O–H groups in total. The number of rotatable bonds is 5. The minimum atomic E-state index is -3.15. The molecule has 1 fully saturated rings. The number of nitrogens with one attached hydrogen (secondary N) is 1. The molecule has 1 saturated heterocycles. The third-order valence-electron chi connectivity index (χ3n) is 4.43. The van der Waals surface area contributed by atoms with Crippen molar-refractivity contribution < 1.29 is 8.42 Å². The van der Waals surface area contributed by atoms with E-state index in [2.05, 4.69) is 19.9 Å². The van der Waals surface area contributed by atoms with Gasteiger partial charge in [-0.25, -0.2) is 18.4 Å². The lowest BCUT2D eigenvalue weighted by molar-refractivity contribution is 0.310. The number of H-pyrrole nitrogens is 1. The first-order valence-corrected chi connectivity index (χ1v) is 9.62. The van der Waals surface area contributed by atoms with Gasteiger partial charge < -0.3 is 9.88 Å². The van der Waals surface area contributed by atoms with Gasteiger partial charge in [-0.15, -0.1) is 0 Å². The van der Waals surface area contributed by atoms with Crippen molar-refractivity contribution >= 4 is 26.9 Å². The molecule has 2 aromatic rings. The lowest BCUT2D eigenvalue weighted by Crippen LogP contribution is -2.49. The van der Waals surface area contributed by atoms with Gasteiger partial charge in [-0.1, -0.05) is 6.92 Å². The van der Waals surface area contributed by atoms with E-state index in [1.807, 2.05) is 26.2 Å². The van der Waals surface area contributed by atoms with Crippen LogP contribution in [0.4, 0.5) is 5.82 Å². The molecule has 1 aliphatic rings. The highest BCUT2D eigenvalue weighted by molar-refractivity contribution is 7.89. The van der Waals surface area contributed by atoms with E-state index in [-0.39, 0.29) is 11.8 Å². The lowest BCUT2D eigenvalue weighted by atomic mass is 10.1. The van der Waals surface area contributed by atoms with Crippen LogP contribution >= 0.6 is 0 Å². The standard InChI is InChI=1S/C15H23N5O2S/c1-3-9-23(21,22)20-8-4-5-12(10-20)19(2)15-13-6-7-16-14(13)17-11-18-15/h6-7,11-12H,3-5,8-10H2,1-2H3,(H,16,17,18). The summed E-state index contributed by atoms with van der Waals surface area (Å²) in [4.78, 5) is 13.8. The third-order valence-corrected chi connectivity index (χ3v) is 6.47. The van der Waals surface area contributed by atoms with Crippen molar-refractivity contribution in [2.24, 2.45) is 0 Å². The van der Waals surface area contributed by atoms with Gasteiger partial charge in [0, 0.05) is 32.4 Å². The first-order chi connectivity index (χ1) is 11.0. The molecule has 3 rings (SSSR count). The Bertz CT molecular complexity index is 773. The van der Waals surface area contributed by atoms with E-state index in [9.17, 15) is 8.42 Å². The maximum Gasteiger partial charge on any atom is 0.214 e. The number of aromatic amines is 1. The molecule has 0 aromatic carbocycles. The molecule has 0 bridgehead atoms. The van der Waals surface area contributed by atoms with Crippen molar-refractivity contribution in [3.63, 3.8) is 0 Å². The summed E-state index contributed by atoms with van der Waals surface area (Å²) < 4.78 is 26.3. The number of fused-ring (bicyclic) bond motifs is 1. The highest BCUT2D eigenvalue weighted by atomic mass is 32.2. The first kappa shape index (κ1) is 16.2. The Hall–Kier alpha value is -1.67. The fourth-order valence-corrected chi connectivity index (χ4v) is 4.77. The zero-order valence-electron chi connectivity index (χ0n) is 13.6. The molecule has 0 saturated carbocycles. The first-order valence-electron chi connectivity index (χ1n) is 8.01. The molecule has 126 valence electrons. The average molecular weight is 337 g/mol. The van der Waals surface area contributed by atoms with Gasteiger partial charge in [0.05, 0.1) is 11.1 Å². The number of likely N-dealkylation sites (N-methyl/N-ethyl adjacent to an activating group) is 1. The summed E-state index contributed by atoms with van der Waals surface area (Å²) in [5.74, 6) is 1.06. The van der Waals surface area contributed by atoms with Crippen molar-refractivity contribution in [3.8, 4) is 0 Å². The van der Waals surface area contributed by atoms with Crippen LogP contribution in [-0.2, 0) is 10.0 Å². The summed E-state index contributed by atoms with van der Waals surface area (Å²) in [7, 11) is -1.16. The van der Waals surface area contributed by atoms with Crippen molar-refractivity contribution in [1.82, 2.24) is 19.3 Å². The predicted octanol–water partition coefficient (Wildman–Crippen LogP) is 1.60. The van der Waals surface area contributed by atoms with Gasteiger partial charge in [-0.3, -0.25) is 0 Å². The number of anilines is 1. The molecule has 0 amide bonds. The molecule has 23 heavy (non-hydrogen) atoms. The van der Waals surface area contributed by atoms with Crippen molar-refractivity contribution in [2.45, 2.75) is 32.2 Å². The lowest BCUT2D eigenvalue weighted by Gasteiger charge is -2.37. The van der Waals surface area contributed by atoms with Crippen LogP contribution in [-0.4, -0.2) is 59.6 Å². The van der Waals surface area contributed by atoms with Crippen LogP contribution in [0.15, 0.2) is 18.6 Å². The number of hydrogen-bond donors (Lipinski definition) is 1. The Balaban J connectivity index is 1.82. The molecule has 2 aromatic heterocycles. The van der Waals surface area contributed by atoms with Gasteiger partial charge in [0.25, 0.3) is 0 Å². The van der Waals surface area contributed by atoms with E-state index in [4.69, 9.17) is 0 Å². The van der Waals surface area contributed by atoms with Gasteiger partial charge in [0.2, 0.25) is 10.0 Å². The molecule has 8 heteroatoms. The molecule has 3 heterocycles. The highest BCUT2D eigenvalue weighted by Gasteiger charge is 2.31. The largest absolute Gasteiger partial charge is 0.355 e. The molecule has 1 aliphatic heterocycles. The second-order valence-electron chi connectivity index (χ2n) is 6.02. The number of aromatic nitrogens is 3. The van der Waals surface area contributed by atoms with Gasteiger partial charge in [-0.05, 0) is 25.3 Å². The van der Waals surface area contributed by atoms with Gasteiger partial charge in [-0.2, -0.15) is 4.31 Å². The van der Waals surface area contributed by atoms with Crippen LogP contribution in [0.5, 0.6) is 0 Å². The second kappa shape index (κ2) is 6.45. The monoisotopic (exact) mass is 337 g/mol. The summed E-state index contributed by atoms with van der Waals surface area (Å²) in [6, 6.07) is 2.08. The predicted molar refractivity (Wildman–Crippen MR) is 91.0 cm³/mol. The van der Waals surface area contributed by atoms with E-state index in [0.717, 1.165) is 29.7 Å². The molecular formula is C15H23N5O2S. The van der Waals surface area contributed by atoms with E-state index < -0.39 is 10.0 Å². The van der Waals surface area contributed by atoms with Crippen LogP contribution in [0.2, 0.25) is 0 Å². The number of hydrogen-bond acceptors (Lipinski definition) is 5. The fourth-order valence-electron chi connectivity index (χ4n) is 3.19. The Morgan fingerprint density at radius 1 is 1.43 bits per heavy atom. The van der Waals surface area contributed by atoms with E-state index >= 15 is 0 Å². The van der Waals surface area contributed by atoms with Crippen LogP contribution in [0.25, 0.3) is 11.0 Å². The fraction of sp³-hybridized carbons (Fsp3) is 0.600. The van der Waals surface area contributed by atoms with Crippen LogP contribution in [0, 0.1) is 0 Å². The molecule has 0 spiro atoms. The second-order valence-corrected chi connectivity index (χ2v) is 8.11. The van der Waals surface area contributed by atoms with E-state index in [1.165, 1.54) is 0 Å². The zero-order chi connectivity index (χ0) is 16.4.